The first-order chi connectivity index (χ1) is 15.1. The average molecular weight is 493 g/mol. The number of nitrogens with zero attached hydrogens (tertiary/aromatic N) is 4. The Balaban J connectivity index is 1.32. The second-order valence-corrected chi connectivity index (χ2v) is 8.97. The summed E-state index contributed by atoms with van der Waals surface area (Å²) in [5.74, 6) is -0.547. The maximum Gasteiger partial charge on any atom is 0.436 e. The van der Waals surface area contributed by atoms with E-state index in [2.05, 4.69) is 10.00 Å². The van der Waals surface area contributed by atoms with E-state index in [0.29, 0.717) is 43.4 Å². The Morgan fingerprint density at radius 1 is 1.12 bits per heavy atom. The van der Waals surface area contributed by atoms with Crippen LogP contribution in [-0.4, -0.2) is 51.7 Å². The monoisotopic (exact) mass is 492 g/mol. The molecular formula is C21H22Cl2F4N4O. The number of halogens is 6. The van der Waals surface area contributed by atoms with Gasteiger partial charge in [-0.1, -0.05) is 29.3 Å². The number of carbonyl (C=O) groups excluding carboxylic acids is 1. The number of rotatable bonds is 6. The van der Waals surface area contributed by atoms with Gasteiger partial charge >= 0.3 is 6.18 Å². The third kappa shape index (κ3) is 5.21. The van der Waals surface area contributed by atoms with Gasteiger partial charge in [-0.3, -0.25) is 14.4 Å². The fraction of sp³-hybridized carbons (Fsp3) is 0.524. The molecule has 1 saturated carbocycles. The number of aryl methyl sites for hydroxylation is 1. The van der Waals surface area contributed by atoms with Crippen molar-refractivity contribution in [1.29, 1.82) is 0 Å². The van der Waals surface area contributed by atoms with Crippen molar-refractivity contribution < 1.29 is 22.4 Å². The van der Waals surface area contributed by atoms with Gasteiger partial charge in [-0.25, -0.2) is 4.39 Å². The summed E-state index contributed by atoms with van der Waals surface area (Å²) in [5.41, 5.74) is 0.117. The molecule has 2 fully saturated rings. The minimum Gasteiger partial charge on any atom is -0.340 e. The minimum atomic E-state index is -4.63. The first-order valence-electron chi connectivity index (χ1n) is 10.4. The summed E-state index contributed by atoms with van der Waals surface area (Å²) in [4.78, 5) is 16.5. The fourth-order valence-corrected chi connectivity index (χ4v) is 4.58. The zero-order valence-electron chi connectivity index (χ0n) is 17.1. The predicted octanol–water partition coefficient (Wildman–Crippen LogP) is 4.96. The van der Waals surface area contributed by atoms with E-state index in [-0.39, 0.29) is 35.6 Å². The lowest BCUT2D eigenvalue weighted by Crippen LogP contribution is -2.48. The summed E-state index contributed by atoms with van der Waals surface area (Å²) in [6.07, 6.45) is -3.02. The van der Waals surface area contributed by atoms with E-state index < -0.39 is 11.9 Å². The van der Waals surface area contributed by atoms with Gasteiger partial charge in [0.15, 0.2) is 5.69 Å². The molecule has 2 aliphatic rings. The number of hydrogen-bond acceptors (Lipinski definition) is 3. The summed E-state index contributed by atoms with van der Waals surface area (Å²) in [6, 6.07) is 4.29. The summed E-state index contributed by atoms with van der Waals surface area (Å²) < 4.78 is 54.0. The molecule has 1 amide bonds. The normalized spacial score (nSPS) is 17.8. The molecule has 5 nitrogen and oxygen atoms in total. The predicted molar refractivity (Wildman–Crippen MR) is 112 cm³/mol. The van der Waals surface area contributed by atoms with Crippen molar-refractivity contribution in [2.24, 2.45) is 0 Å². The molecule has 0 bridgehead atoms. The lowest BCUT2D eigenvalue weighted by atomic mass is 10.2. The second kappa shape index (κ2) is 9.19. The molecule has 0 spiro atoms. The van der Waals surface area contributed by atoms with Crippen LogP contribution in [0.4, 0.5) is 17.6 Å². The Labute approximate surface area is 192 Å². The van der Waals surface area contributed by atoms with Crippen molar-refractivity contribution in [3.05, 3.63) is 51.0 Å². The van der Waals surface area contributed by atoms with Crippen LogP contribution in [0.5, 0.6) is 0 Å². The van der Waals surface area contributed by atoms with Crippen molar-refractivity contribution >= 4 is 29.1 Å². The molecule has 0 atom stereocenters. The Kier molecular flexibility index (Phi) is 6.70. The molecule has 0 N–H and O–H groups in total. The molecule has 1 aliphatic heterocycles. The van der Waals surface area contributed by atoms with Crippen LogP contribution in [0.15, 0.2) is 18.2 Å². The first-order valence-corrected chi connectivity index (χ1v) is 11.2. The zero-order valence-corrected chi connectivity index (χ0v) is 18.7. The molecule has 1 aromatic carbocycles. The lowest BCUT2D eigenvalue weighted by Gasteiger charge is -2.35. The SMILES string of the molecule is O=C(CCn1nc(C(F)(F)F)c(Cl)c1C1CC1)N1CCN(Cc2ccc(F)cc2Cl)CC1. The van der Waals surface area contributed by atoms with Gasteiger partial charge in [-0.2, -0.15) is 18.3 Å². The van der Waals surface area contributed by atoms with Crippen LogP contribution in [0, 0.1) is 5.82 Å². The molecule has 4 rings (SSSR count). The van der Waals surface area contributed by atoms with Gasteiger partial charge in [-0.15, -0.1) is 0 Å². The highest BCUT2D eigenvalue weighted by Gasteiger charge is 2.42. The van der Waals surface area contributed by atoms with Crippen LogP contribution in [0.3, 0.4) is 0 Å². The van der Waals surface area contributed by atoms with Crippen LogP contribution < -0.4 is 0 Å². The second-order valence-electron chi connectivity index (χ2n) is 8.19. The van der Waals surface area contributed by atoms with Crippen molar-refractivity contribution in [3.8, 4) is 0 Å². The number of hydrogen-bond donors (Lipinski definition) is 0. The number of aromatic nitrogens is 2. The molecule has 11 heteroatoms. The summed E-state index contributed by atoms with van der Waals surface area (Å²) in [5, 5.41) is 3.69. The fourth-order valence-electron chi connectivity index (χ4n) is 3.96. The van der Waals surface area contributed by atoms with Gasteiger partial charge in [0.25, 0.3) is 0 Å². The molecule has 174 valence electrons. The van der Waals surface area contributed by atoms with Crippen molar-refractivity contribution in [2.75, 3.05) is 26.2 Å². The van der Waals surface area contributed by atoms with Crippen LogP contribution in [0.2, 0.25) is 10.0 Å². The van der Waals surface area contributed by atoms with Crippen molar-refractivity contribution in [3.63, 3.8) is 0 Å². The smallest absolute Gasteiger partial charge is 0.340 e. The number of alkyl halides is 3. The summed E-state index contributed by atoms with van der Waals surface area (Å²) in [7, 11) is 0. The highest BCUT2D eigenvalue weighted by atomic mass is 35.5. The molecule has 0 radical (unpaired) electrons. The van der Waals surface area contributed by atoms with E-state index in [1.165, 1.54) is 16.8 Å². The first kappa shape index (κ1) is 23.3. The number of benzene rings is 1. The summed E-state index contributed by atoms with van der Waals surface area (Å²) in [6.45, 7) is 2.86. The highest BCUT2D eigenvalue weighted by molar-refractivity contribution is 6.32. The van der Waals surface area contributed by atoms with Crippen LogP contribution in [0.1, 0.15) is 42.1 Å². The van der Waals surface area contributed by atoms with Gasteiger partial charge in [0.2, 0.25) is 5.91 Å². The van der Waals surface area contributed by atoms with Crippen LogP contribution in [0.25, 0.3) is 0 Å². The van der Waals surface area contributed by atoms with Crippen LogP contribution in [-0.2, 0) is 24.1 Å². The molecule has 1 aliphatic carbocycles. The zero-order chi connectivity index (χ0) is 23.0. The number of amides is 1. The topological polar surface area (TPSA) is 41.4 Å². The van der Waals surface area contributed by atoms with Crippen molar-refractivity contribution in [1.82, 2.24) is 19.6 Å². The molecule has 32 heavy (non-hydrogen) atoms. The third-order valence-corrected chi connectivity index (χ3v) is 6.56. The molecule has 1 saturated heterocycles. The van der Waals surface area contributed by atoms with E-state index in [1.807, 2.05) is 0 Å². The van der Waals surface area contributed by atoms with E-state index in [1.54, 1.807) is 11.0 Å². The Morgan fingerprint density at radius 3 is 2.41 bits per heavy atom. The molecule has 2 aromatic rings. The van der Waals surface area contributed by atoms with Gasteiger partial charge in [0.1, 0.15) is 5.82 Å². The maximum absolute atomic E-state index is 13.2. The Bertz CT molecular complexity index is 998. The third-order valence-electron chi connectivity index (χ3n) is 5.84. The molecule has 0 unspecified atom stereocenters. The largest absolute Gasteiger partial charge is 0.436 e. The maximum atomic E-state index is 13.2. The quantitative estimate of drug-likeness (QED) is 0.535. The van der Waals surface area contributed by atoms with Crippen LogP contribution >= 0.6 is 23.2 Å². The van der Waals surface area contributed by atoms with E-state index in [9.17, 15) is 22.4 Å². The lowest BCUT2D eigenvalue weighted by molar-refractivity contribution is -0.141. The summed E-state index contributed by atoms with van der Waals surface area (Å²) >= 11 is 12.1. The Hall–Kier alpha value is -1.84. The molecule has 2 heterocycles. The molecule has 1 aromatic heterocycles. The van der Waals surface area contributed by atoms with E-state index in [4.69, 9.17) is 23.2 Å². The standard InChI is InChI=1S/C21H22Cl2F4N4O/c22-16-11-15(24)4-3-14(16)12-29-7-9-30(10-8-29)17(32)5-6-31-19(13-1-2-13)18(23)20(28-31)21(25,26)27/h3-4,11,13H,1-2,5-10,12H2. The van der Waals surface area contributed by atoms with Gasteiger partial charge < -0.3 is 4.90 Å². The van der Waals surface area contributed by atoms with E-state index >= 15 is 0 Å². The van der Waals surface area contributed by atoms with Gasteiger partial charge in [0.05, 0.1) is 17.3 Å². The van der Waals surface area contributed by atoms with Crippen molar-refractivity contribution in [2.45, 2.75) is 44.4 Å². The van der Waals surface area contributed by atoms with E-state index in [0.717, 1.165) is 18.4 Å². The number of carbonyl (C=O) groups is 1. The minimum absolute atomic E-state index is 0.0250. The highest BCUT2D eigenvalue weighted by Crippen LogP contribution is 2.46. The number of piperazine rings is 1. The average Bonchev–Trinajstić information content (AvgIpc) is 3.50. The molecular weight excluding hydrogens is 471 g/mol. The van der Waals surface area contributed by atoms with Gasteiger partial charge in [0, 0.05) is 50.1 Å². The Morgan fingerprint density at radius 2 is 1.81 bits per heavy atom. The van der Waals surface area contributed by atoms with Gasteiger partial charge in [-0.05, 0) is 30.5 Å².